The number of likely N-dealkylation sites (tertiary alicyclic amines) is 1. The highest BCUT2D eigenvalue weighted by Gasteiger charge is 2.21. The van der Waals surface area contributed by atoms with Crippen LogP contribution in [0.1, 0.15) is 29.8 Å². The number of rotatable bonds is 5. The second-order valence-corrected chi connectivity index (χ2v) is 5.26. The molecule has 1 aliphatic rings. The van der Waals surface area contributed by atoms with E-state index in [0.29, 0.717) is 11.6 Å². The van der Waals surface area contributed by atoms with Gasteiger partial charge in [0, 0.05) is 6.20 Å². The summed E-state index contributed by atoms with van der Waals surface area (Å²) in [4.78, 5) is 28.4. The zero-order chi connectivity index (χ0) is 14.4. The second-order valence-electron chi connectivity index (χ2n) is 5.26. The van der Waals surface area contributed by atoms with Gasteiger partial charge in [0.25, 0.3) is 5.91 Å². The largest absolute Gasteiger partial charge is 0.357 e. The summed E-state index contributed by atoms with van der Waals surface area (Å²) >= 11 is 0. The zero-order valence-electron chi connectivity index (χ0n) is 11.6. The van der Waals surface area contributed by atoms with E-state index in [9.17, 15) is 9.59 Å². The van der Waals surface area contributed by atoms with E-state index in [4.69, 9.17) is 5.73 Å². The molecular formula is C14H22N4O2. The molecule has 6 nitrogen and oxygen atoms in total. The Bertz CT molecular complexity index is 436. The fourth-order valence-electron chi connectivity index (χ4n) is 2.58. The van der Waals surface area contributed by atoms with Gasteiger partial charge in [0.1, 0.15) is 5.69 Å². The Morgan fingerprint density at radius 1 is 1.40 bits per heavy atom. The van der Waals surface area contributed by atoms with Crippen LogP contribution in [0.5, 0.6) is 0 Å². The molecule has 0 aliphatic carbocycles. The molecule has 4 N–H and O–H groups in total. The summed E-state index contributed by atoms with van der Waals surface area (Å²) in [7, 11) is 0. The number of imide groups is 1. The van der Waals surface area contributed by atoms with E-state index >= 15 is 0 Å². The molecule has 0 unspecified atom stereocenters. The zero-order valence-corrected chi connectivity index (χ0v) is 11.6. The van der Waals surface area contributed by atoms with Gasteiger partial charge in [-0.05, 0) is 56.9 Å². The second kappa shape index (κ2) is 7.21. The van der Waals surface area contributed by atoms with E-state index in [1.54, 1.807) is 18.3 Å². The van der Waals surface area contributed by atoms with Gasteiger partial charge in [-0.2, -0.15) is 0 Å². The highest BCUT2D eigenvalue weighted by molar-refractivity contribution is 6.04. The molecule has 20 heavy (non-hydrogen) atoms. The monoisotopic (exact) mass is 278 g/mol. The summed E-state index contributed by atoms with van der Waals surface area (Å²) in [5.41, 5.74) is 5.96. The number of hydrogen-bond acceptors (Lipinski definition) is 4. The van der Waals surface area contributed by atoms with Crippen molar-refractivity contribution in [3.8, 4) is 0 Å². The molecule has 0 spiro atoms. The predicted molar refractivity (Wildman–Crippen MR) is 76.1 cm³/mol. The number of amides is 2. The topological polar surface area (TPSA) is 91.2 Å². The van der Waals surface area contributed by atoms with Gasteiger partial charge in [0.15, 0.2) is 0 Å². The first-order valence-electron chi connectivity index (χ1n) is 7.09. The first kappa shape index (κ1) is 14.7. The minimum Gasteiger partial charge on any atom is -0.357 e. The van der Waals surface area contributed by atoms with Gasteiger partial charge in [0.2, 0.25) is 5.91 Å². The number of nitrogens with one attached hydrogen (secondary N) is 2. The maximum absolute atomic E-state index is 11.8. The van der Waals surface area contributed by atoms with Crippen LogP contribution in [-0.4, -0.2) is 47.9 Å². The van der Waals surface area contributed by atoms with Crippen molar-refractivity contribution in [2.75, 3.05) is 26.2 Å². The Morgan fingerprint density at radius 2 is 2.15 bits per heavy atom. The molecule has 110 valence electrons. The van der Waals surface area contributed by atoms with Crippen molar-refractivity contribution < 1.29 is 9.59 Å². The number of carbonyl (C=O) groups is 2. The number of nitrogens with two attached hydrogens (primary N) is 1. The van der Waals surface area contributed by atoms with Crippen molar-refractivity contribution in [2.24, 2.45) is 11.7 Å². The van der Waals surface area contributed by atoms with Gasteiger partial charge in [-0.25, -0.2) is 0 Å². The third kappa shape index (κ3) is 4.18. The van der Waals surface area contributed by atoms with E-state index in [0.717, 1.165) is 38.9 Å². The van der Waals surface area contributed by atoms with Gasteiger partial charge < -0.3 is 10.7 Å². The lowest BCUT2D eigenvalue weighted by molar-refractivity contribution is -0.121. The maximum atomic E-state index is 11.8. The lowest BCUT2D eigenvalue weighted by atomic mass is 9.94. The Labute approximate surface area is 118 Å². The molecule has 1 aromatic heterocycles. The number of aromatic amines is 1. The fourth-order valence-corrected chi connectivity index (χ4v) is 2.58. The Kier molecular flexibility index (Phi) is 5.31. The molecule has 1 aliphatic heterocycles. The Balaban J connectivity index is 1.71. The molecule has 2 amide bonds. The summed E-state index contributed by atoms with van der Waals surface area (Å²) in [5, 5.41) is 2.40. The SMILES string of the molecule is NCCC1CCN(CC(=O)NC(=O)c2ccc[nH]2)CC1. The highest BCUT2D eigenvalue weighted by Crippen LogP contribution is 2.19. The van der Waals surface area contributed by atoms with Crippen LogP contribution in [0.3, 0.4) is 0 Å². The normalized spacial score (nSPS) is 17.1. The minimum absolute atomic E-state index is 0.248. The van der Waals surface area contributed by atoms with E-state index in [1.807, 2.05) is 0 Å². The molecular weight excluding hydrogens is 256 g/mol. The van der Waals surface area contributed by atoms with Crippen molar-refractivity contribution in [1.29, 1.82) is 0 Å². The van der Waals surface area contributed by atoms with Crippen molar-refractivity contribution in [2.45, 2.75) is 19.3 Å². The van der Waals surface area contributed by atoms with Crippen LogP contribution in [0, 0.1) is 5.92 Å². The van der Waals surface area contributed by atoms with E-state index in [2.05, 4.69) is 15.2 Å². The van der Waals surface area contributed by atoms with Crippen LogP contribution >= 0.6 is 0 Å². The molecule has 0 radical (unpaired) electrons. The van der Waals surface area contributed by atoms with Gasteiger partial charge in [0.05, 0.1) is 6.54 Å². The molecule has 2 rings (SSSR count). The molecule has 0 saturated carbocycles. The van der Waals surface area contributed by atoms with Crippen molar-refractivity contribution in [3.05, 3.63) is 24.0 Å². The average Bonchev–Trinajstić information content (AvgIpc) is 2.95. The van der Waals surface area contributed by atoms with Crippen LogP contribution < -0.4 is 11.1 Å². The standard InChI is InChI=1S/C14H22N4O2/c15-6-3-11-4-8-18(9-5-11)10-13(19)17-14(20)12-2-1-7-16-12/h1-2,7,11,16H,3-6,8-10,15H2,(H,17,19,20). The average molecular weight is 278 g/mol. The number of nitrogens with zero attached hydrogens (tertiary/aromatic N) is 1. The van der Waals surface area contributed by atoms with Crippen molar-refractivity contribution >= 4 is 11.8 Å². The first-order chi connectivity index (χ1) is 9.69. The lowest BCUT2D eigenvalue weighted by Crippen LogP contribution is -2.43. The van der Waals surface area contributed by atoms with Crippen LogP contribution in [0.15, 0.2) is 18.3 Å². The van der Waals surface area contributed by atoms with Gasteiger partial charge >= 0.3 is 0 Å². The van der Waals surface area contributed by atoms with E-state index < -0.39 is 0 Å². The summed E-state index contributed by atoms with van der Waals surface area (Å²) in [6.07, 6.45) is 4.87. The summed E-state index contributed by atoms with van der Waals surface area (Å²) in [5.74, 6) is 0.0553. The summed E-state index contributed by atoms with van der Waals surface area (Å²) < 4.78 is 0. The van der Waals surface area contributed by atoms with Crippen LogP contribution in [0.2, 0.25) is 0 Å². The Morgan fingerprint density at radius 3 is 2.75 bits per heavy atom. The van der Waals surface area contributed by atoms with Gasteiger partial charge in [-0.3, -0.25) is 19.8 Å². The molecule has 0 aromatic carbocycles. The Hall–Kier alpha value is -1.66. The maximum Gasteiger partial charge on any atom is 0.274 e. The third-order valence-electron chi connectivity index (χ3n) is 3.74. The fraction of sp³-hybridized carbons (Fsp3) is 0.571. The highest BCUT2D eigenvalue weighted by atomic mass is 16.2. The lowest BCUT2D eigenvalue weighted by Gasteiger charge is -2.31. The van der Waals surface area contributed by atoms with Crippen LogP contribution in [0.25, 0.3) is 0 Å². The number of hydrogen-bond donors (Lipinski definition) is 3. The molecule has 1 fully saturated rings. The number of H-pyrrole nitrogens is 1. The third-order valence-corrected chi connectivity index (χ3v) is 3.74. The van der Waals surface area contributed by atoms with Crippen molar-refractivity contribution in [3.63, 3.8) is 0 Å². The smallest absolute Gasteiger partial charge is 0.274 e. The molecule has 2 heterocycles. The summed E-state index contributed by atoms with van der Waals surface area (Å²) in [6, 6.07) is 3.36. The molecule has 0 atom stereocenters. The quantitative estimate of drug-likeness (QED) is 0.724. The molecule has 6 heteroatoms. The molecule has 0 bridgehead atoms. The first-order valence-corrected chi connectivity index (χ1v) is 7.09. The molecule has 1 aromatic rings. The van der Waals surface area contributed by atoms with Crippen molar-refractivity contribution in [1.82, 2.24) is 15.2 Å². The van der Waals surface area contributed by atoms with E-state index in [1.165, 1.54) is 0 Å². The minimum atomic E-state index is -0.377. The number of carbonyl (C=O) groups excluding carboxylic acids is 2. The number of piperidine rings is 1. The van der Waals surface area contributed by atoms with E-state index in [-0.39, 0.29) is 18.4 Å². The summed E-state index contributed by atoms with van der Waals surface area (Å²) in [6.45, 7) is 2.81. The predicted octanol–water partition coefficient (Wildman–Crippen LogP) is 0.332. The van der Waals surface area contributed by atoms with Gasteiger partial charge in [-0.15, -0.1) is 0 Å². The van der Waals surface area contributed by atoms with Crippen LogP contribution in [-0.2, 0) is 4.79 Å². The molecule has 1 saturated heterocycles. The number of aromatic nitrogens is 1. The van der Waals surface area contributed by atoms with Gasteiger partial charge in [-0.1, -0.05) is 0 Å². The van der Waals surface area contributed by atoms with Crippen LogP contribution in [0.4, 0.5) is 0 Å².